The van der Waals surface area contributed by atoms with Crippen LogP contribution < -0.4 is 4.74 Å². The zero-order valence-electron chi connectivity index (χ0n) is 10.9. The van der Waals surface area contributed by atoms with E-state index in [0.29, 0.717) is 11.3 Å². The van der Waals surface area contributed by atoms with Gasteiger partial charge in [0.05, 0.1) is 10.6 Å². The predicted molar refractivity (Wildman–Crippen MR) is 76.1 cm³/mol. The van der Waals surface area contributed by atoms with E-state index in [0.717, 1.165) is 0 Å². The Hall–Kier alpha value is -2.09. The lowest BCUT2D eigenvalue weighted by Crippen LogP contribution is -1.97. The third kappa shape index (κ3) is 4.19. The highest BCUT2D eigenvalue weighted by Gasteiger charge is 2.04. The molecule has 2 aromatic rings. The molecule has 0 atom stereocenters. The molecule has 0 radical (unpaired) electrons. The number of hydrogen-bond acceptors (Lipinski definition) is 2. The largest absolute Gasteiger partial charge is 0.489 e. The van der Waals surface area contributed by atoms with Crippen LogP contribution in [0, 0.1) is 23.5 Å². The van der Waals surface area contributed by atoms with E-state index < -0.39 is 11.6 Å². The monoisotopic (exact) mass is 308 g/mol. The van der Waals surface area contributed by atoms with Crippen molar-refractivity contribution >= 4 is 11.6 Å². The van der Waals surface area contributed by atoms with Crippen molar-refractivity contribution in [1.82, 2.24) is 0 Å². The molecule has 0 saturated heterocycles. The molecule has 0 spiro atoms. The number of benzene rings is 2. The molecule has 0 amide bonds. The lowest BCUT2D eigenvalue weighted by atomic mass is 10.2. The first-order valence-corrected chi connectivity index (χ1v) is 6.44. The topological polar surface area (TPSA) is 29.5 Å². The fraction of sp³-hybridized carbons (Fsp3) is 0.125. The summed E-state index contributed by atoms with van der Waals surface area (Å²) in [6, 6.07) is 8.52. The van der Waals surface area contributed by atoms with E-state index in [2.05, 4.69) is 11.8 Å². The lowest BCUT2D eigenvalue weighted by Gasteiger charge is -2.07. The van der Waals surface area contributed by atoms with Crippen molar-refractivity contribution < 1.29 is 18.6 Å². The molecular formula is C16H11ClF2O2. The molecule has 2 rings (SSSR count). The minimum atomic E-state index is -0.546. The van der Waals surface area contributed by atoms with Crippen LogP contribution in [0.3, 0.4) is 0 Å². The standard InChI is InChI=1S/C16H11ClF2O2/c17-14-6-3-11(8-16(14)19)10-21-13-5-4-12(2-1-7-20)15(18)9-13/h3-6,8-9,20H,7,10H2. The summed E-state index contributed by atoms with van der Waals surface area (Å²) in [6.45, 7) is -0.241. The molecule has 21 heavy (non-hydrogen) atoms. The van der Waals surface area contributed by atoms with Crippen LogP contribution in [0.4, 0.5) is 8.78 Å². The van der Waals surface area contributed by atoms with Crippen LogP contribution in [-0.4, -0.2) is 11.7 Å². The molecule has 0 fully saturated rings. The van der Waals surface area contributed by atoms with Crippen LogP contribution in [0.15, 0.2) is 36.4 Å². The Kier molecular flexibility index (Phi) is 5.15. The highest BCUT2D eigenvalue weighted by molar-refractivity contribution is 6.30. The Morgan fingerprint density at radius 2 is 1.90 bits per heavy atom. The highest BCUT2D eigenvalue weighted by Crippen LogP contribution is 2.19. The van der Waals surface area contributed by atoms with Crippen LogP contribution in [0.25, 0.3) is 0 Å². The van der Waals surface area contributed by atoms with Crippen molar-refractivity contribution in [3.63, 3.8) is 0 Å². The Morgan fingerprint density at radius 3 is 2.57 bits per heavy atom. The smallest absolute Gasteiger partial charge is 0.142 e. The molecule has 0 bridgehead atoms. The normalized spacial score (nSPS) is 9.90. The van der Waals surface area contributed by atoms with Crippen LogP contribution in [0.2, 0.25) is 5.02 Å². The third-order valence-electron chi connectivity index (χ3n) is 2.63. The number of aliphatic hydroxyl groups is 1. The molecule has 1 N–H and O–H groups in total. The Labute approximate surface area is 125 Å². The average molecular weight is 309 g/mol. The molecule has 0 unspecified atom stereocenters. The van der Waals surface area contributed by atoms with Crippen LogP contribution in [-0.2, 0) is 6.61 Å². The van der Waals surface area contributed by atoms with Crippen molar-refractivity contribution in [3.8, 4) is 17.6 Å². The van der Waals surface area contributed by atoms with Gasteiger partial charge in [-0.25, -0.2) is 8.78 Å². The van der Waals surface area contributed by atoms with Crippen molar-refractivity contribution in [1.29, 1.82) is 0 Å². The Bertz CT molecular complexity index is 705. The molecule has 0 aromatic heterocycles. The maximum atomic E-state index is 13.7. The SMILES string of the molecule is OCC#Cc1ccc(OCc2ccc(Cl)c(F)c2)cc1F. The molecule has 2 aromatic carbocycles. The van der Waals surface area contributed by atoms with E-state index in [1.54, 1.807) is 12.1 Å². The van der Waals surface area contributed by atoms with Crippen LogP contribution >= 0.6 is 11.6 Å². The van der Waals surface area contributed by atoms with Gasteiger partial charge in [-0.05, 0) is 29.8 Å². The van der Waals surface area contributed by atoms with Gasteiger partial charge in [-0.1, -0.05) is 29.5 Å². The summed E-state index contributed by atoms with van der Waals surface area (Å²) < 4.78 is 32.3. The van der Waals surface area contributed by atoms with Gasteiger partial charge in [0.2, 0.25) is 0 Å². The molecule has 2 nitrogen and oxygen atoms in total. The number of hydrogen-bond donors (Lipinski definition) is 1. The van der Waals surface area contributed by atoms with E-state index in [1.165, 1.54) is 24.3 Å². The summed E-state index contributed by atoms with van der Waals surface area (Å²) in [7, 11) is 0. The number of halogens is 3. The zero-order valence-corrected chi connectivity index (χ0v) is 11.6. The Balaban J connectivity index is 2.06. The summed E-state index contributed by atoms with van der Waals surface area (Å²) in [6.07, 6.45) is 0. The van der Waals surface area contributed by atoms with Gasteiger partial charge in [-0.2, -0.15) is 0 Å². The quantitative estimate of drug-likeness (QED) is 0.879. The molecule has 0 aliphatic rings. The van der Waals surface area contributed by atoms with E-state index in [9.17, 15) is 8.78 Å². The van der Waals surface area contributed by atoms with Crippen molar-refractivity contribution in [2.24, 2.45) is 0 Å². The number of ether oxygens (including phenoxy) is 1. The molecule has 0 aliphatic carbocycles. The molecule has 5 heteroatoms. The third-order valence-corrected chi connectivity index (χ3v) is 2.94. The number of aliphatic hydroxyl groups excluding tert-OH is 1. The molecule has 0 aliphatic heterocycles. The molecule has 0 heterocycles. The summed E-state index contributed by atoms with van der Waals surface area (Å²) in [5, 5.41) is 8.60. The first-order valence-electron chi connectivity index (χ1n) is 6.06. The second-order valence-electron chi connectivity index (χ2n) is 4.14. The maximum absolute atomic E-state index is 13.7. The minimum Gasteiger partial charge on any atom is -0.489 e. The van der Waals surface area contributed by atoms with Crippen molar-refractivity contribution in [2.75, 3.05) is 6.61 Å². The fourth-order valence-corrected chi connectivity index (χ4v) is 1.74. The van der Waals surface area contributed by atoms with Crippen LogP contribution in [0.5, 0.6) is 5.75 Å². The van der Waals surface area contributed by atoms with Gasteiger partial charge in [0.1, 0.15) is 30.6 Å². The summed E-state index contributed by atoms with van der Waals surface area (Å²) >= 11 is 5.58. The first kappa shape index (κ1) is 15.3. The van der Waals surface area contributed by atoms with Gasteiger partial charge in [0.25, 0.3) is 0 Å². The second kappa shape index (κ2) is 7.07. The summed E-state index contributed by atoms with van der Waals surface area (Å²) in [4.78, 5) is 0. The average Bonchev–Trinajstić information content (AvgIpc) is 2.47. The fourth-order valence-electron chi connectivity index (χ4n) is 1.62. The second-order valence-corrected chi connectivity index (χ2v) is 4.55. The highest BCUT2D eigenvalue weighted by atomic mass is 35.5. The molecule has 108 valence electrons. The number of rotatable bonds is 3. The lowest BCUT2D eigenvalue weighted by molar-refractivity contribution is 0.304. The van der Waals surface area contributed by atoms with Gasteiger partial charge in [-0.15, -0.1) is 0 Å². The zero-order chi connectivity index (χ0) is 15.2. The summed E-state index contributed by atoms with van der Waals surface area (Å²) in [5.74, 6) is 4.08. The Morgan fingerprint density at radius 1 is 1.10 bits per heavy atom. The van der Waals surface area contributed by atoms with Crippen LogP contribution in [0.1, 0.15) is 11.1 Å². The van der Waals surface area contributed by atoms with E-state index in [4.69, 9.17) is 21.4 Å². The maximum Gasteiger partial charge on any atom is 0.142 e. The van der Waals surface area contributed by atoms with Crippen molar-refractivity contribution in [3.05, 3.63) is 64.2 Å². The first-order chi connectivity index (χ1) is 10.1. The van der Waals surface area contributed by atoms with Gasteiger partial charge in [0.15, 0.2) is 0 Å². The van der Waals surface area contributed by atoms with Gasteiger partial charge in [-0.3, -0.25) is 0 Å². The molecule has 0 saturated carbocycles. The van der Waals surface area contributed by atoms with Gasteiger partial charge < -0.3 is 9.84 Å². The van der Waals surface area contributed by atoms with E-state index in [-0.39, 0.29) is 23.8 Å². The van der Waals surface area contributed by atoms with Gasteiger partial charge in [0, 0.05) is 6.07 Å². The van der Waals surface area contributed by atoms with Gasteiger partial charge >= 0.3 is 0 Å². The van der Waals surface area contributed by atoms with E-state index >= 15 is 0 Å². The van der Waals surface area contributed by atoms with E-state index in [1.807, 2.05) is 0 Å². The minimum absolute atomic E-state index is 0.0385. The predicted octanol–water partition coefficient (Wildman–Crippen LogP) is 3.54. The summed E-state index contributed by atoms with van der Waals surface area (Å²) in [5.41, 5.74) is 0.760. The van der Waals surface area contributed by atoms with Crippen molar-refractivity contribution in [2.45, 2.75) is 6.61 Å². The molecular weight excluding hydrogens is 298 g/mol.